The van der Waals surface area contributed by atoms with Crippen LogP contribution in [0.15, 0.2) is 66.9 Å². The Morgan fingerprint density at radius 1 is 0.886 bits per heavy atom. The van der Waals surface area contributed by atoms with Crippen molar-refractivity contribution >= 4 is 28.4 Å². The fraction of sp³-hybridized carbons (Fsp3) is 0.222. The highest BCUT2D eigenvalue weighted by atomic mass is 16.5. The van der Waals surface area contributed by atoms with Crippen LogP contribution in [0.25, 0.3) is 10.9 Å². The van der Waals surface area contributed by atoms with E-state index in [1.807, 2.05) is 30.3 Å². The lowest BCUT2D eigenvalue weighted by atomic mass is 9.84. The third kappa shape index (κ3) is 5.27. The summed E-state index contributed by atoms with van der Waals surface area (Å²) in [4.78, 5) is 25.4. The van der Waals surface area contributed by atoms with Gasteiger partial charge < -0.3 is 20.1 Å². The van der Waals surface area contributed by atoms with Gasteiger partial charge in [0, 0.05) is 34.2 Å². The fourth-order valence-electron chi connectivity index (χ4n) is 3.77. The van der Waals surface area contributed by atoms with Crippen LogP contribution in [0.5, 0.6) is 11.5 Å². The molecule has 0 radical (unpaired) electrons. The second kappa shape index (κ2) is 9.89. The molecule has 1 aromatic heterocycles. The van der Waals surface area contributed by atoms with Crippen molar-refractivity contribution in [2.24, 2.45) is 0 Å². The molecule has 0 unspecified atom stereocenters. The number of benzene rings is 3. The largest absolute Gasteiger partial charge is 0.493 e. The van der Waals surface area contributed by atoms with Crippen LogP contribution in [0.1, 0.15) is 40.1 Å². The number of ether oxygens (including phenoxy) is 2. The van der Waals surface area contributed by atoms with Crippen LogP contribution in [0.3, 0.4) is 0 Å². The van der Waals surface area contributed by atoms with Gasteiger partial charge in [-0.3, -0.25) is 14.7 Å². The average Bonchev–Trinajstić information content (AvgIpc) is 3.35. The van der Waals surface area contributed by atoms with E-state index in [9.17, 15) is 9.59 Å². The van der Waals surface area contributed by atoms with Gasteiger partial charge in [0.2, 0.25) is 0 Å². The first kappa shape index (κ1) is 23.8. The molecular formula is C27H28N4O4. The van der Waals surface area contributed by atoms with E-state index in [0.717, 1.165) is 16.5 Å². The van der Waals surface area contributed by atoms with Crippen molar-refractivity contribution in [1.29, 1.82) is 0 Å². The van der Waals surface area contributed by atoms with Crippen LogP contribution in [0, 0.1) is 0 Å². The molecule has 3 aromatic carbocycles. The van der Waals surface area contributed by atoms with E-state index in [1.54, 1.807) is 43.6 Å². The molecule has 35 heavy (non-hydrogen) atoms. The number of carbonyl (C=O) groups is 2. The molecule has 0 bridgehead atoms. The maximum absolute atomic E-state index is 12.7. The number of rotatable bonds is 8. The highest BCUT2D eigenvalue weighted by molar-refractivity contribution is 6.04. The zero-order valence-electron chi connectivity index (χ0n) is 20.1. The SMILES string of the molecule is COc1ccc(C(=O)Nc2ccc(C(C)(C)CNC(=O)c3ccc4cn[nH]c4c3)cc2)cc1OC. The zero-order chi connectivity index (χ0) is 25.0. The average molecular weight is 473 g/mol. The maximum Gasteiger partial charge on any atom is 0.255 e. The molecule has 1 heterocycles. The zero-order valence-corrected chi connectivity index (χ0v) is 20.1. The fourth-order valence-corrected chi connectivity index (χ4v) is 3.77. The molecule has 0 saturated heterocycles. The first-order valence-corrected chi connectivity index (χ1v) is 11.2. The summed E-state index contributed by atoms with van der Waals surface area (Å²) >= 11 is 0. The molecular weight excluding hydrogens is 444 g/mol. The van der Waals surface area contributed by atoms with Crippen molar-refractivity contribution in [3.63, 3.8) is 0 Å². The molecule has 8 nitrogen and oxygen atoms in total. The van der Waals surface area contributed by atoms with Crippen LogP contribution < -0.4 is 20.1 Å². The Kier molecular flexibility index (Phi) is 6.73. The topological polar surface area (TPSA) is 105 Å². The van der Waals surface area contributed by atoms with Crippen LogP contribution >= 0.6 is 0 Å². The number of aromatic amines is 1. The van der Waals surface area contributed by atoms with Crippen LogP contribution in [0.2, 0.25) is 0 Å². The Balaban J connectivity index is 1.38. The minimum absolute atomic E-state index is 0.145. The molecule has 8 heteroatoms. The standard InChI is InChI=1S/C27H28N4O4/c1-27(2,16-28-25(32)17-5-6-19-15-29-31-22(19)13-17)20-8-10-21(11-9-20)30-26(33)18-7-12-23(34-3)24(14-18)35-4/h5-15H,16H2,1-4H3,(H,28,32)(H,29,31)(H,30,33). The number of aromatic nitrogens is 2. The molecule has 0 fully saturated rings. The van der Waals surface area contributed by atoms with Gasteiger partial charge in [-0.1, -0.05) is 32.0 Å². The molecule has 0 aliphatic heterocycles. The number of nitrogens with one attached hydrogen (secondary N) is 3. The van der Waals surface area contributed by atoms with E-state index in [2.05, 4.69) is 34.7 Å². The van der Waals surface area contributed by atoms with Gasteiger partial charge in [-0.05, 0) is 48.0 Å². The second-order valence-electron chi connectivity index (χ2n) is 8.84. The molecule has 0 atom stereocenters. The molecule has 0 saturated carbocycles. The lowest BCUT2D eigenvalue weighted by molar-refractivity contribution is 0.0945. The number of hydrogen-bond donors (Lipinski definition) is 3. The lowest BCUT2D eigenvalue weighted by Crippen LogP contribution is -2.36. The molecule has 180 valence electrons. The third-order valence-electron chi connectivity index (χ3n) is 5.96. The van der Waals surface area contributed by atoms with Crippen molar-refractivity contribution in [3.8, 4) is 11.5 Å². The summed E-state index contributed by atoms with van der Waals surface area (Å²) in [5, 5.41) is 13.7. The maximum atomic E-state index is 12.7. The molecule has 0 aliphatic rings. The predicted molar refractivity (Wildman–Crippen MR) is 135 cm³/mol. The third-order valence-corrected chi connectivity index (χ3v) is 5.96. The Labute approximate surface area is 203 Å². The number of amides is 2. The highest BCUT2D eigenvalue weighted by Gasteiger charge is 2.22. The smallest absolute Gasteiger partial charge is 0.255 e. The first-order chi connectivity index (χ1) is 16.8. The number of nitrogens with zero attached hydrogens (tertiary/aromatic N) is 1. The molecule has 0 spiro atoms. The van der Waals surface area contributed by atoms with E-state index in [4.69, 9.17) is 9.47 Å². The minimum atomic E-state index is -0.320. The van der Waals surface area contributed by atoms with Crippen molar-refractivity contribution in [3.05, 3.63) is 83.6 Å². The molecule has 3 N–H and O–H groups in total. The summed E-state index contributed by atoms with van der Waals surface area (Å²) in [5.41, 5.74) is 3.24. The summed E-state index contributed by atoms with van der Waals surface area (Å²) in [5.74, 6) is 0.654. The normalized spacial score (nSPS) is 11.2. The predicted octanol–water partition coefficient (Wildman–Crippen LogP) is 4.54. The highest BCUT2D eigenvalue weighted by Crippen LogP contribution is 2.28. The Morgan fingerprint density at radius 2 is 1.57 bits per heavy atom. The molecule has 0 aliphatic carbocycles. The van der Waals surface area contributed by atoms with Crippen molar-refractivity contribution < 1.29 is 19.1 Å². The number of carbonyl (C=O) groups excluding carboxylic acids is 2. The first-order valence-electron chi connectivity index (χ1n) is 11.2. The van der Waals surface area contributed by atoms with Crippen molar-refractivity contribution in [2.45, 2.75) is 19.3 Å². The van der Waals surface area contributed by atoms with Gasteiger partial charge in [0.05, 0.1) is 25.9 Å². The van der Waals surface area contributed by atoms with Gasteiger partial charge in [0.1, 0.15) is 0 Å². The summed E-state index contributed by atoms with van der Waals surface area (Å²) < 4.78 is 10.5. The number of hydrogen-bond acceptors (Lipinski definition) is 5. The summed E-state index contributed by atoms with van der Waals surface area (Å²) in [6.07, 6.45) is 1.72. The van der Waals surface area contributed by atoms with Gasteiger partial charge in [-0.15, -0.1) is 0 Å². The summed E-state index contributed by atoms with van der Waals surface area (Å²) in [6, 6.07) is 18.1. The van der Waals surface area contributed by atoms with Gasteiger partial charge >= 0.3 is 0 Å². The molecule has 2 amide bonds. The number of fused-ring (bicyclic) bond motifs is 1. The molecule has 4 aromatic rings. The van der Waals surface area contributed by atoms with E-state index in [-0.39, 0.29) is 17.2 Å². The second-order valence-corrected chi connectivity index (χ2v) is 8.84. The van der Waals surface area contributed by atoms with E-state index >= 15 is 0 Å². The number of methoxy groups -OCH3 is 2. The quantitative estimate of drug-likeness (QED) is 0.349. The van der Waals surface area contributed by atoms with Gasteiger partial charge in [0.25, 0.3) is 11.8 Å². The van der Waals surface area contributed by atoms with E-state index in [0.29, 0.717) is 34.9 Å². The van der Waals surface area contributed by atoms with E-state index in [1.165, 1.54) is 7.11 Å². The minimum Gasteiger partial charge on any atom is -0.493 e. The Bertz CT molecular complexity index is 1360. The van der Waals surface area contributed by atoms with Gasteiger partial charge in [-0.25, -0.2) is 0 Å². The van der Waals surface area contributed by atoms with E-state index < -0.39 is 0 Å². The van der Waals surface area contributed by atoms with Crippen LogP contribution in [0.4, 0.5) is 5.69 Å². The molecule has 4 rings (SSSR count). The van der Waals surface area contributed by atoms with Crippen LogP contribution in [-0.2, 0) is 5.41 Å². The van der Waals surface area contributed by atoms with Gasteiger partial charge in [-0.2, -0.15) is 5.10 Å². The Morgan fingerprint density at radius 3 is 2.29 bits per heavy atom. The number of anilines is 1. The van der Waals surface area contributed by atoms with Crippen LogP contribution in [-0.4, -0.2) is 42.8 Å². The van der Waals surface area contributed by atoms with Crippen molar-refractivity contribution in [2.75, 3.05) is 26.1 Å². The van der Waals surface area contributed by atoms with Crippen molar-refractivity contribution in [1.82, 2.24) is 15.5 Å². The number of H-pyrrole nitrogens is 1. The monoisotopic (exact) mass is 472 g/mol. The lowest BCUT2D eigenvalue weighted by Gasteiger charge is -2.26. The summed E-state index contributed by atoms with van der Waals surface area (Å²) in [6.45, 7) is 4.56. The summed E-state index contributed by atoms with van der Waals surface area (Å²) in [7, 11) is 3.08. The van der Waals surface area contributed by atoms with Gasteiger partial charge in [0.15, 0.2) is 11.5 Å². The Hall–Kier alpha value is -4.33.